The highest BCUT2D eigenvalue weighted by molar-refractivity contribution is 6.33. The Hall–Kier alpha value is -2.12. The number of likely N-dealkylation sites (tertiary alicyclic amines) is 1. The van der Waals surface area contributed by atoms with Gasteiger partial charge in [0.15, 0.2) is 0 Å². The van der Waals surface area contributed by atoms with E-state index in [4.69, 9.17) is 27.9 Å². The molecule has 2 aromatic heterocycles. The van der Waals surface area contributed by atoms with Crippen molar-refractivity contribution in [1.82, 2.24) is 20.1 Å². The molecule has 1 saturated heterocycles. The molecule has 138 valence electrons. The lowest BCUT2D eigenvalue weighted by molar-refractivity contribution is 0.0521. The van der Waals surface area contributed by atoms with E-state index in [-0.39, 0.29) is 18.4 Å². The molecule has 0 bridgehead atoms. The van der Waals surface area contributed by atoms with E-state index in [1.54, 1.807) is 17.9 Å². The van der Waals surface area contributed by atoms with Crippen molar-refractivity contribution in [3.8, 4) is 0 Å². The van der Waals surface area contributed by atoms with Gasteiger partial charge in [0, 0.05) is 25.2 Å². The van der Waals surface area contributed by atoms with Gasteiger partial charge in [0.2, 0.25) is 0 Å². The van der Waals surface area contributed by atoms with Gasteiger partial charge >= 0.3 is 5.97 Å². The Balaban J connectivity index is 1.73. The van der Waals surface area contributed by atoms with Gasteiger partial charge < -0.3 is 9.64 Å². The van der Waals surface area contributed by atoms with Gasteiger partial charge in [-0.1, -0.05) is 23.2 Å². The second-order valence-corrected chi connectivity index (χ2v) is 6.81. The predicted octanol–water partition coefficient (Wildman–Crippen LogP) is 3.31. The van der Waals surface area contributed by atoms with Crippen molar-refractivity contribution in [2.45, 2.75) is 25.7 Å². The van der Waals surface area contributed by atoms with Crippen LogP contribution in [0.2, 0.25) is 10.0 Å². The number of halogens is 2. The maximum atomic E-state index is 12.5. The van der Waals surface area contributed by atoms with E-state index in [0.717, 1.165) is 0 Å². The molecule has 9 heteroatoms. The van der Waals surface area contributed by atoms with Gasteiger partial charge in [-0.25, -0.2) is 4.79 Å². The monoisotopic (exact) mass is 396 g/mol. The second-order valence-electron chi connectivity index (χ2n) is 5.97. The van der Waals surface area contributed by atoms with E-state index < -0.39 is 5.97 Å². The summed E-state index contributed by atoms with van der Waals surface area (Å²) in [5, 5.41) is 7.10. The maximum Gasteiger partial charge on any atom is 0.340 e. The third kappa shape index (κ3) is 3.83. The summed E-state index contributed by atoms with van der Waals surface area (Å²) in [4.78, 5) is 30.8. The number of nitrogens with one attached hydrogen (secondary N) is 1. The largest absolute Gasteiger partial charge is 0.462 e. The van der Waals surface area contributed by atoms with Crippen LogP contribution in [-0.2, 0) is 4.74 Å². The first-order valence-electron chi connectivity index (χ1n) is 8.32. The standard InChI is InChI=1S/C17H18Cl2N4O3/c1-2-26-17(25)12-7-11(18)8-20-14(12)10-3-5-23(6-4-10)16(24)15-13(19)9-21-22-15/h7-10H,2-6H2,1H3,(H,21,22). The minimum atomic E-state index is -0.430. The Kier molecular flexibility index (Phi) is 5.78. The van der Waals surface area contributed by atoms with E-state index in [1.165, 1.54) is 12.4 Å². The quantitative estimate of drug-likeness (QED) is 0.800. The van der Waals surface area contributed by atoms with Gasteiger partial charge in [-0.05, 0) is 25.8 Å². The lowest BCUT2D eigenvalue weighted by Gasteiger charge is -2.32. The average molecular weight is 397 g/mol. The van der Waals surface area contributed by atoms with E-state index in [0.29, 0.717) is 52.9 Å². The fraction of sp³-hybridized carbons (Fsp3) is 0.412. The molecule has 0 saturated carbocycles. The minimum absolute atomic E-state index is 0.0490. The van der Waals surface area contributed by atoms with Crippen molar-refractivity contribution in [3.63, 3.8) is 0 Å². The van der Waals surface area contributed by atoms with Crippen LogP contribution in [0.3, 0.4) is 0 Å². The molecule has 3 rings (SSSR count). The smallest absolute Gasteiger partial charge is 0.340 e. The normalized spacial score (nSPS) is 15.1. The van der Waals surface area contributed by atoms with Gasteiger partial charge in [-0.15, -0.1) is 0 Å². The average Bonchev–Trinajstić information content (AvgIpc) is 3.07. The predicted molar refractivity (Wildman–Crippen MR) is 96.7 cm³/mol. The highest BCUT2D eigenvalue weighted by Gasteiger charge is 2.29. The van der Waals surface area contributed by atoms with Crippen molar-refractivity contribution < 1.29 is 14.3 Å². The number of esters is 1. The van der Waals surface area contributed by atoms with Crippen LogP contribution >= 0.6 is 23.2 Å². The number of carbonyl (C=O) groups is 2. The number of nitrogens with zero attached hydrogens (tertiary/aromatic N) is 3. The third-order valence-corrected chi connectivity index (χ3v) is 4.85. The maximum absolute atomic E-state index is 12.5. The number of aromatic nitrogens is 3. The first-order chi connectivity index (χ1) is 12.5. The van der Waals surface area contributed by atoms with E-state index in [2.05, 4.69) is 15.2 Å². The van der Waals surface area contributed by atoms with Crippen LogP contribution < -0.4 is 0 Å². The molecule has 1 aliphatic rings. The minimum Gasteiger partial charge on any atom is -0.462 e. The van der Waals surface area contributed by atoms with Gasteiger partial charge in [0.05, 0.1) is 34.1 Å². The molecule has 1 N–H and O–H groups in total. The Bertz CT molecular complexity index is 816. The first-order valence-corrected chi connectivity index (χ1v) is 9.07. The molecule has 1 fully saturated rings. The lowest BCUT2D eigenvalue weighted by Crippen LogP contribution is -2.38. The van der Waals surface area contributed by atoms with Crippen LogP contribution in [0.15, 0.2) is 18.5 Å². The number of carbonyl (C=O) groups excluding carboxylic acids is 2. The molecule has 0 aliphatic carbocycles. The lowest BCUT2D eigenvalue weighted by atomic mass is 9.90. The fourth-order valence-electron chi connectivity index (χ4n) is 3.08. The van der Waals surface area contributed by atoms with Crippen molar-refractivity contribution in [2.75, 3.05) is 19.7 Å². The van der Waals surface area contributed by atoms with Crippen LogP contribution in [0.4, 0.5) is 0 Å². The van der Waals surface area contributed by atoms with Gasteiger partial charge in [-0.2, -0.15) is 5.10 Å². The van der Waals surface area contributed by atoms with Gasteiger partial charge in [0.1, 0.15) is 5.69 Å². The van der Waals surface area contributed by atoms with Gasteiger partial charge in [0.25, 0.3) is 5.91 Å². The first kappa shape index (κ1) is 18.7. The number of pyridine rings is 1. The van der Waals surface area contributed by atoms with Crippen LogP contribution in [0.5, 0.6) is 0 Å². The van der Waals surface area contributed by atoms with Gasteiger partial charge in [-0.3, -0.25) is 14.9 Å². The summed E-state index contributed by atoms with van der Waals surface area (Å²) in [5.41, 5.74) is 1.35. The zero-order valence-corrected chi connectivity index (χ0v) is 15.7. The molecule has 0 aromatic carbocycles. The molecule has 0 atom stereocenters. The molecule has 0 radical (unpaired) electrons. The Morgan fingerprint density at radius 1 is 1.31 bits per heavy atom. The van der Waals surface area contributed by atoms with Crippen molar-refractivity contribution in [3.05, 3.63) is 45.5 Å². The summed E-state index contributed by atoms with van der Waals surface area (Å²) < 4.78 is 5.11. The topological polar surface area (TPSA) is 88.2 Å². The molecular weight excluding hydrogens is 379 g/mol. The summed E-state index contributed by atoms with van der Waals surface area (Å²) >= 11 is 12.0. The Labute approximate surface area is 160 Å². The molecule has 0 unspecified atom stereocenters. The van der Waals surface area contributed by atoms with Crippen LogP contribution in [0.25, 0.3) is 0 Å². The van der Waals surface area contributed by atoms with Crippen LogP contribution in [-0.4, -0.2) is 51.7 Å². The SMILES string of the molecule is CCOC(=O)c1cc(Cl)cnc1C1CCN(C(=O)c2[nH]ncc2Cl)CC1. The highest BCUT2D eigenvalue weighted by Crippen LogP contribution is 2.31. The Morgan fingerprint density at radius 2 is 2.04 bits per heavy atom. The summed E-state index contributed by atoms with van der Waals surface area (Å²) in [7, 11) is 0. The number of piperidine rings is 1. The molecule has 0 spiro atoms. The number of ether oxygens (including phenoxy) is 1. The molecule has 26 heavy (non-hydrogen) atoms. The number of hydrogen-bond donors (Lipinski definition) is 1. The zero-order chi connectivity index (χ0) is 18.7. The molecule has 2 aromatic rings. The summed E-state index contributed by atoms with van der Waals surface area (Å²) in [6.45, 7) is 3.10. The second kappa shape index (κ2) is 8.05. The van der Waals surface area contributed by atoms with Crippen molar-refractivity contribution in [2.24, 2.45) is 0 Å². The Morgan fingerprint density at radius 3 is 2.65 bits per heavy atom. The number of aromatic amines is 1. The number of rotatable bonds is 4. The van der Waals surface area contributed by atoms with E-state index in [9.17, 15) is 9.59 Å². The molecule has 3 heterocycles. The van der Waals surface area contributed by atoms with Crippen molar-refractivity contribution in [1.29, 1.82) is 0 Å². The van der Waals surface area contributed by atoms with E-state index in [1.807, 2.05) is 0 Å². The van der Waals surface area contributed by atoms with Crippen LogP contribution in [0.1, 0.15) is 52.2 Å². The molecular formula is C17H18Cl2N4O3. The number of H-pyrrole nitrogens is 1. The number of amides is 1. The fourth-order valence-corrected chi connectivity index (χ4v) is 3.41. The highest BCUT2D eigenvalue weighted by atomic mass is 35.5. The summed E-state index contributed by atoms with van der Waals surface area (Å²) in [5.74, 6) is -0.561. The number of hydrogen-bond acceptors (Lipinski definition) is 5. The molecule has 1 amide bonds. The summed E-state index contributed by atoms with van der Waals surface area (Å²) in [6.07, 6.45) is 4.30. The molecule has 1 aliphatic heterocycles. The molecule has 7 nitrogen and oxygen atoms in total. The summed E-state index contributed by atoms with van der Waals surface area (Å²) in [6, 6.07) is 1.59. The third-order valence-electron chi connectivity index (χ3n) is 4.36. The van der Waals surface area contributed by atoms with Crippen LogP contribution in [0, 0.1) is 0 Å². The van der Waals surface area contributed by atoms with Crippen molar-refractivity contribution >= 4 is 35.1 Å². The zero-order valence-electron chi connectivity index (χ0n) is 14.2. The van der Waals surface area contributed by atoms with E-state index >= 15 is 0 Å².